The molecule has 0 spiro atoms. The van der Waals surface area contributed by atoms with Crippen molar-refractivity contribution in [1.29, 1.82) is 0 Å². The predicted molar refractivity (Wildman–Crippen MR) is 99.1 cm³/mol. The van der Waals surface area contributed by atoms with Gasteiger partial charge in [0, 0.05) is 19.2 Å². The Morgan fingerprint density at radius 1 is 1.04 bits per heavy atom. The summed E-state index contributed by atoms with van der Waals surface area (Å²) in [7, 11) is -1.74. The van der Waals surface area contributed by atoms with Gasteiger partial charge in [0.15, 0.2) is 0 Å². The molecule has 2 rings (SSSR count). The van der Waals surface area contributed by atoms with Gasteiger partial charge in [0.1, 0.15) is 0 Å². The third kappa shape index (κ3) is 6.32. The number of anilines is 1. The van der Waals surface area contributed by atoms with Crippen molar-refractivity contribution in [2.75, 3.05) is 24.8 Å². The maximum absolute atomic E-state index is 12.7. The number of rotatable bonds is 8. The van der Waals surface area contributed by atoms with E-state index in [4.69, 9.17) is 4.18 Å². The van der Waals surface area contributed by atoms with Crippen molar-refractivity contribution < 1.29 is 17.4 Å². The lowest BCUT2D eigenvalue weighted by molar-refractivity contribution is -0.118. The van der Waals surface area contributed by atoms with Gasteiger partial charge in [-0.2, -0.15) is 8.42 Å². The topological polar surface area (TPSA) is 63.7 Å². The summed E-state index contributed by atoms with van der Waals surface area (Å²) in [6.45, 7) is 0.0563. The first-order valence-electron chi connectivity index (χ1n) is 8.08. The molecular formula is C19H23NO4S. The molecule has 0 aliphatic heterocycles. The van der Waals surface area contributed by atoms with Crippen molar-refractivity contribution in [3.63, 3.8) is 0 Å². The molecule has 0 aliphatic rings. The van der Waals surface area contributed by atoms with Gasteiger partial charge in [-0.05, 0) is 30.0 Å². The van der Waals surface area contributed by atoms with E-state index in [0.717, 1.165) is 17.5 Å². The van der Waals surface area contributed by atoms with Gasteiger partial charge in [-0.3, -0.25) is 8.98 Å². The third-order valence-electron chi connectivity index (χ3n) is 3.97. The molecule has 0 aliphatic carbocycles. The molecule has 0 saturated heterocycles. The van der Waals surface area contributed by atoms with E-state index in [9.17, 15) is 13.2 Å². The maximum Gasteiger partial charge on any atom is 0.264 e. The molecule has 0 radical (unpaired) electrons. The standard InChI is InChI=1S/C19H23NO4S/c1-20(18-11-7-4-8-12-18)19(21)15-17(13-14-24-25(2,22)23)16-9-5-3-6-10-16/h3-12,17H,13-15H2,1-2H3. The van der Waals surface area contributed by atoms with E-state index in [-0.39, 0.29) is 24.9 Å². The monoisotopic (exact) mass is 361 g/mol. The fourth-order valence-corrected chi connectivity index (χ4v) is 3.00. The first kappa shape index (κ1) is 19.1. The number of nitrogens with zero attached hydrogens (tertiary/aromatic N) is 1. The van der Waals surface area contributed by atoms with Crippen LogP contribution in [-0.2, 0) is 19.1 Å². The van der Waals surface area contributed by atoms with Gasteiger partial charge >= 0.3 is 0 Å². The molecule has 2 aromatic rings. The molecule has 0 bridgehead atoms. The summed E-state index contributed by atoms with van der Waals surface area (Å²) in [6, 6.07) is 19.0. The van der Waals surface area contributed by atoms with Gasteiger partial charge in [-0.25, -0.2) is 0 Å². The second-order valence-electron chi connectivity index (χ2n) is 5.91. The highest BCUT2D eigenvalue weighted by atomic mass is 32.2. The summed E-state index contributed by atoms with van der Waals surface area (Å²) >= 11 is 0. The van der Waals surface area contributed by atoms with Gasteiger partial charge in [-0.15, -0.1) is 0 Å². The van der Waals surface area contributed by atoms with Crippen LogP contribution in [0.25, 0.3) is 0 Å². The summed E-state index contributed by atoms with van der Waals surface area (Å²) in [5.41, 5.74) is 1.82. The van der Waals surface area contributed by atoms with Crippen molar-refractivity contribution in [1.82, 2.24) is 0 Å². The quantitative estimate of drug-likeness (QED) is 0.678. The predicted octanol–water partition coefficient (Wildman–Crippen LogP) is 3.19. The van der Waals surface area contributed by atoms with Gasteiger partial charge < -0.3 is 4.90 Å². The first-order chi connectivity index (χ1) is 11.9. The Hall–Kier alpha value is -2.18. The van der Waals surface area contributed by atoms with E-state index >= 15 is 0 Å². The lowest BCUT2D eigenvalue weighted by Gasteiger charge is -2.22. The van der Waals surface area contributed by atoms with E-state index in [1.165, 1.54) is 0 Å². The molecule has 0 heterocycles. The molecule has 25 heavy (non-hydrogen) atoms. The van der Waals surface area contributed by atoms with Crippen LogP contribution >= 0.6 is 0 Å². The zero-order valence-electron chi connectivity index (χ0n) is 14.5. The molecule has 0 fully saturated rings. The second kappa shape index (κ2) is 8.78. The number of carbonyl (C=O) groups excluding carboxylic acids is 1. The highest BCUT2D eigenvalue weighted by Gasteiger charge is 2.20. The fraction of sp³-hybridized carbons (Fsp3) is 0.316. The lowest BCUT2D eigenvalue weighted by Crippen LogP contribution is -2.28. The van der Waals surface area contributed by atoms with E-state index in [1.807, 2.05) is 60.7 Å². The Balaban J connectivity index is 2.08. The molecule has 1 atom stereocenters. The minimum absolute atomic E-state index is 0.0283. The molecule has 6 heteroatoms. The number of benzene rings is 2. The molecular weight excluding hydrogens is 338 g/mol. The molecule has 134 valence electrons. The van der Waals surface area contributed by atoms with Crippen LogP contribution in [0.15, 0.2) is 60.7 Å². The summed E-state index contributed by atoms with van der Waals surface area (Å²) in [6.07, 6.45) is 1.76. The number of hydrogen-bond donors (Lipinski definition) is 0. The zero-order valence-corrected chi connectivity index (χ0v) is 15.3. The average molecular weight is 361 g/mol. The van der Waals surface area contributed by atoms with Gasteiger partial charge in [0.05, 0.1) is 12.9 Å². The Labute approximate surface area is 149 Å². The van der Waals surface area contributed by atoms with Crippen LogP contribution < -0.4 is 4.90 Å². The summed E-state index contributed by atoms with van der Waals surface area (Å²) in [5, 5.41) is 0. The minimum atomic E-state index is -3.49. The van der Waals surface area contributed by atoms with Gasteiger partial charge in [-0.1, -0.05) is 48.5 Å². The summed E-state index contributed by atoms with van der Waals surface area (Å²) in [4.78, 5) is 14.3. The van der Waals surface area contributed by atoms with Crippen molar-refractivity contribution in [3.05, 3.63) is 66.2 Å². The van der Waals surface area contributed by atoms with Crippen molar-refractivity contribution in [2.24, 2.45) is 0 Å². The Morgan fingerprint density at radius 3 is 2.16 bits per heavy atom. The maximum atomic E-state index is 12.7. The molecule has 1 unspecified atom stereocenters. The fourth-order valence-electron chi connectivity index (χ4n) is 2.60. The van der Waals surface area contributed by atoms with Crippen LogP contribution in [0.4, 0.5) is 5.69 Å². The normalized spacial score (nSPS) is 12.6. The van der Waals surface area contributed by atoms with Crippen LogP contribution in [-0.4, -0.2) is 34.2 Å². The second-order valence-corrected chi connectivity index (χ2v) is 7.56. The Kier molecular flexibility index (Phi) is 6.73. The highest BCUT2D eigenvalue weighted by molar-refractivity contribution is 7.85. The van der Waals surface area contributed by atoms with Crippen LogP contribution in [0.3, 0.4) is 0 Å². The zero-order chi connectivity index (χ0) is 18.3. The van der Waals surface area contributed by atoms with Crippen LogP contribution in [0.1, 0.15) is 24.3 Å². The molecule has 2 aromatic carbocycles. The molecule has 0 aromatic heterocycles. The highest BCUT2D eigenvalue weighted by Crippen LogP contribution is 2.25. The molecule has 0 N–H and O–H groups in total. The number of carbonyl (C=O) groups is 1. The largest absolute Gasteiger partial charge is 0.315 e. The molecule has 5 nitrogen and oxygen atoms in total. The van der Waals surface area contributed by atoms with Crippen molar-refractivity contribution in [2.45, 2.75) is 18.8 Å². The smallest absolute Gasteiger partial charge is 0.264 e. The van der Waals surface area contributed by atoms with E-state index in [0.29, 0.717) is 6.42 Å². The Morgan fingerprint density at radius 2 is 1.60 bits per heavy atom. The number of amides is 1. The number of hydrogen-bond acceptors (Lipinski definition) is 4. The minimum Gasteiger partial charge on any atom is -0.315 e. The van der Waals surface area contributed by atoms with Crippen LogP contribution in [0.2, 0.25) is 0 Å². The molecule has 0 saturated carbocycles. The van der Waals surface area contributed by atoms with Crippen molar-refractivity contribution in [3.8, 4) is 0 Å². The first-order valence-corrected chi connectivity index (χ1v) is 9.89. The van der Waals surface area contributed by atoms with Crippen LogP contribution in [0.5, 0.6) is 0 Å². The summed E-state index contributed by atoms with van der Waals surface area (Å²) in [5.74, 6) is -0.138. The van der Waals surface area contributed by atoms with Gasteiger partial charge in [0.25, 0.3) is 10.1 Å². The third-order valence-corrected chi connectivity index (χ3v) is 4.57. The molecule has 1 amide bonds. The van der Waals surface area contributed by atoms with E-state index in [2.05, 4.69) is 0 Å². The average Bonchev–Trinajstić information content (AvgIpc) is 2.60. The van der Waals surface area contributed by atoms with Gasteiger partial charge in [0.2, 0.25) is 5.91 Å². The lowest BCUT2D eigenvalue weighted by atomic mass is 9.92. The SMILES string of the molecule is CN(C(=O)CC(CCOS(C)(=O)=O)c1ccccc1)c1ccccc1. The van der Waals surface area contributed by atoms with Crippen molar-refractivity contribution >= 4 is 21.7 Å². The van der Waals surface area contributed by atoms with Crippen LogP contribution in [0, 0.1) is 0 Å². The van der Waals surface area contributed by atoms with E-state index < -0.39 is 10.1 Å². The number of para-hydroxylation sites is 1. The summed E-state index contributed by atoms with van der Waals surface area (Å²) < 4.78 is 27.2. The Bertz CT molecular complexity index is 776. The van der Waals surface area contributed by atoms with E-state index in [1.54, 1.807) is 11.9 Å².